The van der Waals surface area contributed by atoms with E-state index in [0.29, 0.717) is 0 Å². The Labute approximate surface area is 163 Å². The third kappa shape index (κ3) is 4.43. The Balaban J connectivity index is 0.00000132. The summed E-state index contributed by atoms with van der Waals surface area (Å²) in [5.74, 6) is 0.788. The zero-order chi connectivity index (χ0) is 14.7. The van der Waals surface area contributed by atoms with Gasteiger partial charge in [-0.2, -0.15) is 18.6 Å². The zero-order valence-corrected chi connectivity index (χ0v) is 16.3. The van der Waals surface area contributed by atoms with Crippen molar-refractivity contribution < 1.29 is 32.7 Å². The van der Waals surface area contributed by atoms with Gasteiger partial charge < -0.3 is 18.1 Å². The van der Waals surface area contributed by atoms with Crippen molar-refractivity contribution in [3.8, 4) is 0 Å². The van der Waals surface area contributed by atoms with Gasteiger partial charge in [0.15, 0.2) is 0 Å². The van der Waals surface area contributed by atoms with Crippen LogP contribution in [0, 0.1) is 14.4 Å². The minimum Gasteiger partial charge on any atom is -0.392 e. The number of nitrogens with one attached hydrogen (secondary N) is 2. The summed E-state index contributed by atoms with van der Waals surface area (Å²) in [4.78, 5) is 8.68. The molecule has 0 aliphatic rings. The van der Waals surface area contributed by atoms with Crippen LogP contribution in [0.3, 0.4) is 0 Å². The van der Waals surface area contributed by atoms with Gasteiger partial charge in [0, 0.05) is 50.3 Å². The number of benzene rings is 2. The molecular formula is C18H20N4Y-2. The maximum atomic E-state index is 4.37. The molecule has 0 aliphatic carbocycles. The van der Waals surface area contributed by atoms with Gasteiger partial charge >= 0.3 is 0 Å². The normalized spacial score (nSPS) is 9.61. The van der Waals surface area contributed by atoms with Gasteiger partial charge in [0.25, 0.3) is 0 Å². The van der Waals surface area contributed by atoms with Crippen LogP contribution in [0.2, 0.25) is 0 Å². The average molecular weight is 381 g/mol. The molecule has 1 radical (unpaired) electrons. The molecule has 0 fully saturated rings. The molecule has 2 aromatic carbocycles. The number of hydrogen-bond donors (Lipinski definition) is 2. The molecule has 0 aliphatic heterocycles. The molecule has 4 nitrogen and oxygen atoms in total. The van der Waals surface area contributed by atoms with Crippen LogP contribution < -0.4 is 10.6 Å². The van der Waals surface area contributed by atoms with E-state index in [2.05, 4.69) is 40.5 Å². The molecule has 1 heterocycles. The number of anilines is 3. The smallest absolute Gasteiger partial charge is 0.130 e. The Kier molecular flexibility index (Phi) is 7.46. The van der Waals surface area contributed by atoms with Crippen molar-refractivity contribution in [3.05, 3.63) is 68.7 Å². The second kappa shape index (κ2) is 8.85. The third-order valence-corrected chi connectivity index (χ3v) is 3.29. The monoisotopic (exact) mass is 381 g/mol. The molecule has 3 aromatic rings. The summed E-state index contributed by atoms with van der Waals surface area (Å²) in [6.45, 7) is 6.98. The number of aromatic nitrogens is 2. The van der Waals surface area contributed by atoms with E-state index in [4.69, 9.17) is 0 Å². The SMILES string of the molecule is [CH2-]c1ccccc1Nc1ncnc2ccc(NCC)cc12.[CH3-].[Y]. The molecule has 23 heavy (non-hydrogen) atoms. The maximum absolute atomic E-state index is 4.37. The number of hydrogen-bond acceptors (Lipinski definition) is 4. The van der Waals surface area contributed by atoms with Crippen LogP contribution in [0.4, 0.5) is 17.2 Å². The van der Waals surface area contributed by atoms with Crippen molar-refractivity contribution in [1.29, 1.82) is 0 Å². The molecule has 0 saturated carbocycles. The first-order chi connectivity index (χ1) is 10.3. The van der Waals surface area contributed by atoms with Crippen molar-refractivity contribution in [2.75, 3.05) is 17.2 Å². The van der Waals surface area contributed by atoms with Crippen LogP contribution in [0.25, 0.3) is 10.9 Å². The Hall–Kier alpha value is -1.65. The van der Waals surface area contributed by atoms with Crippen molar-refractivity contribution in [3.63, 3.8) is 0 Å². The van der Waals surface area contributed by atoms with Gasteiger partial charge in [-0.15, -0.1) is 6.07 Å². The minimum absolute atomic E-state index is 0. The van der Waals surface area contributed by atoms with Crippen molar-refractivity contribution in [2.45, 2.75) is 6.92 Å². The van der Waals surface area contributed by atoms with Gasteiger partial charge in [0.1, 0.15) is 12.1 Å². The molecule has 3 rings (SSSR count). The standard InChI is InChI=1S/C17H17N4.CH3.Y/c1-3-18-13-8-9-16-14(10-13)17(20-11-19-16)21-15-7-5-4-6-12(15)2;;/h4-11,18H,2-3H2,1H3,(H,19,20,21);1H3;/q2*-1;. The quantitative estimate of drug-likeness (QED) is 0.657. The zero-order valence-electron chi connectivity index (χ0n) is 13.5. The van der Waals surface area contributed by atoms with Gasteiger partial charge in [-0.3, -0.25) is 0 Å². The van der Waals surface area contributed by atoms with E-state index in [9.17, 15) is 0 Å². The van der Waals surface area contributed by atoms with Crippen molar-refractivity contribution in [1.82, 2.24) is 9.97 Å². The Morgan fingerprint density at radius 1 is 1.09 bits per heavy atom. The van der Waals surface area contributed by atoms with Gasteiger partial charge in [0.2, 0.25) is 0 Å². The number of para-hydroxylation sites is 1. The van der Waals surface area contributed by atoms with Gasteiger partial charge in [-0.1, -0.05) is 17.8 Å². The third-order valence-electron chi connectivity index (χ3n) is 3.29. The van der Waals surface area contributed by atoms with Crippen LogP contribution in [0.15, 0.2) is 48.8 Å². The molecule has 0 amide bonds. The van der Waals surface area contributed by atoms with E-state index in [-0.39, 0.29) is 40.1 Å². The van der Waals surface area contributed by atoms with Gasteiger partial charge in [-0.25, -0.2) is 9.97 Å². The van der Waals surface area contributed by atoms with Crippen LogP contribution in [0.5, 0.6) is 0 Å². The molecule has 117 valence electrons. The van der Waals surface area contributed by atoms with E-state index in [1.165, 1.54) is 0 Å². The fourth-order valence-corrected chi connectivity index (χ4v) is 2.24. The summed E-state index contributed by atoms with van der Waals surface area (Å²) < 4.78 is 0. The summed E-state index contributed by atoms with van der Waals surface area (Å²) in [5, 5.41) is 7.63. The Morgan fingerprint density at radius 3 is 2.61 bits per heavy atom. The average Bonchev–Trinajstić information content (AvgIpc) is 2.50. The van der Waals surface area contributed by atoms with Gasteiger partial charge in [0.05, 0.1) is 5.52 Å². The first-order valence-electron chi connectivity index (χ1n) is 6.94. The Bertz CT molecular complexity index is 774. The predicted octanol–water partition coefficient (Wildman–Crippen LogP) is 4.44. The fraction of sp³-hybridized carbons (Fsp3) is 0.111. The molecule has 5 heteroatoms. The first kappa shape index (κ1) is 19.4. The van der Waals surface area contributed by atoms with E-state index in [1.807, 2.05) is 36.4 Å². The number of rotatable bonds is 4. The molecule has 2 N–H and O–H groups in total. The van der Waals surface area contributed by atoms with Gasteiger partial charge in [-0.05, 0) is 25.1 Å². The number of fused-ring (bicyclic) bond motifs is 1. The fourth-order valence-electron chi connectivity index (χ4n) is 2.24. The predicted molar refractivity (Wildman–Crippen MR) is 94.3 cm³/mol. The molecule has 0 unspecified atom stereocenters. The van der Waals surface area contributed by atoms with Crippen LogP contribution in [-0.4, -0.2) is 16.5 Å². The van der Waals surface area contributed by atoms with Crippen LogP contribution in [0.1, 0.15) is 12.5 Å². The maximum Gasteiger partial charge on any atom is 0.130 e. The van der Waals surface area contributed by atoms with Crippen LogP contribution in [-0.2, 0) is 32.7 Å². The topological polar surface area (TPSA) is 49.8 Å². The first-order valence-corrected chi connectivity index (χ1v) is 6.94. The second-order valence-electron chi connectivity index (χ2n) is 4.77. The molecule has 0 atom stereocenters. The van der Waals surface area contributed by atoms with Crippen molar-refractivity contribution in [2.24, 2.45) is 0 Å². The molecule has 0 spiro atoms. The molecule has 0 bridgehead atoms. The molecule has 1 aromatic heterocycles. The summed E-state index contributed by atoms with van der Waals surface area (Å²) in [7, 11) is 0. The van der Waals surface area contributed by atoms with E-state index in [1.54, 1.807) is 6.33 Å². The van der Waals surface area contributed by atoms with Crippen molar-refractivity contribution >= 4 is 28.1 Å². The summed E-state index contributed by atoms with van der Waals surface area (Å²) >= 11 is 0. The van der Waals surface area contributed by atoms with E-state index >= 15 is 0 Å². The largest absolute Gasteiger partial charge is 0.392 e. The van der Waals surface area contributed by atoms with E-state index in [0.717, 1.165) is 40.2 Å². The summed E-state index contributed by atoms with van der Waals surface area (Å²) in [6.07, 6.45) is 1.57. The minimum atomic E-state index is 0. The molecule has 0 saturated heterocycles. The van der Waals surface area contributed by atoms with E-state index < -0.39 is 0 Å². The van der Waals surface area contributed by atoms with Crippen LogP contribution >= 0.6 is 0 Å². The second-order valence-corrected chi connectivity index (χ2v) is 4.77. The summed E-state index contributed by atoms with van der Waals surface area (Å²) in [5.41, 5.74) is 3.86. The summed E-state index contributed by atoms with van der Waals surface area (Å²) in [6, 6.07) is 14.0. The molecular weight excluding hydrogens is 361 g/mol. The Morgan fingerprint density at radius 2 is 1.87 bits per heavy atom. The number of nitrogens with zero attached hydrogens (tertiary/aromatic N) is 2.